The highest BCUT2D eigenvalue weighted by Gasteiger charge is 2.16. The molecule has 0 atom stereocenters. The molecule has 0 aromatic rings. The fourth-order valence-corrected chi connectivity index (χ4v) is 1.34. The second-order valence-electron chi connectivity index (χ2n) is 2.61. The van der Waals surface area contributed by atoms with Crippen LogP contribution in [0.3, 0.4) is 0 Å². The third-order valence-electron chi connectivity index (χ3n) is 2.68. The van der Waals surface area contributed by atoms with E-state index in [0.29, 0.717) is 0 Å². The fourth-order valence-electron chi connectivity index (χ4n) is 1.34. The summed E-state index contributed by atoms with van der Waals surface area (Å²) in [6.45, 7) is 14.2. The number of quaternary nitrogens is 1. The maximum Gasteiger partial charge on any atom is 0.0757 e. The van der Waals surface area contributed by atoms with Crippen LogP contribution in [0, 0.1) is 0 Å². The molecule has 0 aliphatic rings. The normalized spacial score (nSPS) is 9.00. The van der Waals surface area contributed by atoms with E-state index in [9.17, 15) is 0 Å². The second-order valence-corrected chi connectivity index (χ2v) is 2.61. The predicted octanol–water partition coefficient (Wildman–Crippen LogP) is 0.0426. The van der Waals surface area contributed by atoms with Gasteiger partial charge in [-0.3, -0.25) is 0 Å². The smallest absolute Gasteiger partial charge is 0.0757 e. The molecule has 0 aromatic carbocycles. The SMILES string of the molecule is Br.Br.CC[N+](CC)(CC)CC.[Br-]. The molecule has 0 spiro atoms. The van der Waals surface area contributed by atoms with Gasteiger partial charge < -0.3 is 21.5 Å². The molecular formula is C8H22Br3N. The molecule has 0 heterocycles. The summed E-state index contributed by atoms with van der Waals surface area (Å²) in [6, 6.07) is 0. The van der Waals surface area contributed by atoms with Crippen molar-refractivity contribution in [3.8, 4) is 0 Å². The monoisotopic (exact) mass is 369 g/mol. The molecule has 0 aromatic heterocycles. The van der Waals surface area contributed by atoms with Crippen molar-refractivity contribution in [3.63, 3.8) is 0 Å². The number of hydrogen-bond donors (Lipinski definition) is 0. The van der Waals surface area contributed by atoms with E-state index in [1.165, 1.54) is 30.7 Å². The molecule has 12 heavy (non-hydrogen) atoms. The minimum atomic E-state index is 0. The summed E-state index contributed by atoms with van der Waals surface area (Å²) in [7, 11) is 0. The molecule has 80 valence electrons. The van der Waals surface area contributed by atoms with Crippen molar-refractivity contribution in [2.75, 3.05) is 26.2 Å². The van der Waals surface area contributed by atoms with Gasteiger partial charge in [0.05, 0.1) is 26.2 Å². The molecule has 0 bridgehead atoms. The van der Waals surface area contributed by atoms with Crippen LogP contribution in [0.1, 0.15) is 27.7 Å². The largest absolute Gasteiger partial charge is 1.00 e. The first-order valence-electron chi connectivity index (χ1n) is 4.09. The molecule has 0 saturated carbocycles. The van der Waals surface area contributed by atoms with Gasteiger partial charge in [0.25, 0.3) is 0 Å². The zero-order valence-corrected chi connectivity index (χ0v) is 13.5. The Balaban J connectivity index is -0.000000107. The average Bonchev–Trinajstić information content (AvgIpc) is 1.95. The summed E-state index contributed by atoms with van der Waals surface area (Å²) < 4.78 is 1.28. The Morgan fingerprint density at radius 3 is 0.833 bits per heavy atom. The summed E-state index contributed by atoms with van der Waals surface area (Å²) in [5, 5.41) is 0. The Labute approximate surface area is 109 Å². The van der Waals surface area contributed by atoms with Crippen molar-refractivity contribution in [2.24, 2.45) is 0 Å². The van der Waals surface area contributed by atoms with Gasteiger partial charge in [-0.1, -0.05) is 0 Å². The lowest BCUT2D eigenvalue weighted by atomic mass is 10.3. The van der Waals surface area contributed by atoms with Gasteiger partial charge in [0.1, 0.15) is 0 Å². The van der Waals surface area contributed by atoms with Crippen molar-refractivity contribution >= 4 is 34.0 Å². The Hall–Kier alpha value is 1.40. The molecular weight excluding hydrogens is 350 g/mol. The van der Waals surface area contributed by atoms with Gasteiger partial charge in [-0.2, -0.15) is 0 Å². The zero-order chi connectivity index (χ0) is 7.33. The fraction of sp³-hybridized carbons (Fsp3) is 1.00. The zero-order valence-electron chi connectivity index (χ0n) is 8.47. The summed E-state index contributed by atoms with van der Waals surface area (Å²) in [5.74, 6) is 0. The van der Waals surface area contributed by atoms with E-state index >= 15 is 0 Å². The first kappa shape index (κ1) is 23.3. The average molecular weight is 372 g/mol. The van der Waals surface area contributed by atoms with E-state index in [-0.39, 0.29) is 50.9 Å². The van der Waals surface area contributed by atoms with Crippen LogP contribution in [0.4, 0.5) is 0 Å². The van der Waals surface area contributed by atoms with Crippen LogP contribution in [-0.2, 0) is 0 Å². The van der Waals surface area contributed by atoms with E-state index in [1.807, 2.05) is 0 Å². The minimum absolute atomic E-state index is 0. The summed E-state index contributed by atoms with van der Waals surface area (Å²) >= 11 is 0. The maximum absolute atomic E-state index is 2.27. The van der Waals surface area contributed by atoms with Crippen LogP contribution in [0.25, 0.3) is 0 Å². The number of halogens is 3. The Morgan fingerprint density at radius 1 is 0.667 bits per heavy atom. The summed E-state index contributed by atoms with van der Waals surface area (Å²) in [6.07, 6.45) is 0. The van der Waals surface area contributed by atoms with Crippen molar-refractivity contribution in [3.05, 3.63) is 0 Å². The highest BCUT2D eigenvalue weighted by molar-refractivity contribution is 8.93. The van der Waals surface area contributed by atoms with E-state index in [4.69, 9.17) is 0 Å². The lowest BCUT2D eigenvalue weighted by molar-refractivity contribution is -0.921. The first-order chi connectivity index (χ1) is 4.24. The van der Waals surface area contributed by atoms with Crippen LogP contribution >= 0.6 is 34.0 Å². The van der Waals surface area contributed by atoms with Gasteiger partial charge in [0, 0.05) is 0 Å². The predicted molar refractivity (Wildman–Crippen MR) is 63.1 cm³/mol. The van der Waals surface area contributed by atoms with Crippen LogP contribution in [0.15, 0.2) is 0 Å². The van der Waals surface area contributed by atoms with Crippen molar-refractivity contribution < 1.29 is 21.5 Å². The molecule has 0 radical (unpaired) electrons. The lowest BCUT2D eigenvalue weighted by Crippen LogP contribution is -3.00. The highest BCUT2D eigenvalue weighted by Crippen LogP contribution is 2.03. The van der Waals surface area contributed by atoms with Crippen molar-refractivity contribution in [1.29, 1.82) is 0 Å². The molecule has 4 heteroatoms. The van der Waals surface area contributed by atoms with Crippen molar-refractivity contribution in [2.45, 2.75) is 27.7 Å². The molecule has 0 aliphatic carbocycles. The minimum Gasteiger partial charge on any atom is -1.00 e. The number of hydrogen-bond acceptors (Lipinski definition) is 0. The van der Waals surface area contributed by atoms with Crippen LogP contribution < -0.4 is 17.0 Å². The molecule has 0 amide bonds. The van der Waals surface area contributed by atoms with Gasteiger partial charge in [-0.05, 0) is 27.7 Å². The Bertz CT molecular complexity index is 57.2. The van der Waals surface area contributed by atoms with Gasteiger partial charge in [-0.15, -0.1) is 34.0 Å². The first-order valence-corrected chi connectivity index (χ1v) is 4.09. The van der Waals surface area contributed by atoms with Crippen LogP contribution in [0.5, 0.6) is 0 Å². The Morgan fingerprint density at radius 2 is 0.833 bits per heavy atom. The topological polar surface area (TPSA) is 0 Å². The third-order valence-corrected chi connectivity index (χ3v) is 2.68. The molecule has 0 aliphatic heterocycles. The number of rotatable bonds is 4. The molecule has 1 nitrogen and oxygen atoms in total. The number of nitrogens with zero attached hydrogens (tertiary/aromatic N) is 1. The molecule has 0 saturated heterocycles. The van der Waals surface area contributed by atoms with E-state index in [2.05, 4.69) is 27.7 Å². The maximum atomic E-state index is 2.27. The standard InChI is InChI=1S/C8H20N.3BrH/c1-5-9(6-2,7-3)8-4;;;/h5-8H2,1-4H3;3*1H/q+1;;;/p-1. The summed E-state index contributed by atoms with van der Waals surface area (Å²) in [4.78, 5) is 0. The highest BCUT2D eigenvalue weighted by atomic mass is 79.9. The quantitative estimate of drug-likeness (QED) is 0.612. The third kappa shape index (κ3) is 6.87. The van der Waals surface area contributed by atoms with Gasteiger partial charge >= 0.3 is 0 Å². The molecule has 0 fully saturated rings. The van der Waals surface area contributed by atoms with Crippen LogP contribution in [-0.4, -0.2) is 30.7 Å². The van der Waals surface area contributed by atoms with E-state index in [0.717, 1.165) is 0 Å². The molecule has 0 N–H and O–H groups in total. The van der Waals surface area contributed by atoms with E-state index < -0.39 is 0 Å². The second kappa shape index (κ2) is 12.4. The Kier molecular flexibility index (Phi) is 24.1. The van der Waals surface area contributed by atoms with E-state index in [1.54, 1.807) is 0 Å². The molecule has 0 rings (SSSR count). The lowest BCUT2D eigenvalue weighted by Gasteiger charge is -2.34. The van der Waals surface area contributed by atoms with Gasteiger partial charge in [0.15, 0.2) is 0 Å². The van der Waals surface area contributed by atoms with Gasteiger partial charge in [-0.25, -0.2) is 0 Å². The molecule has 0 unspecified atom stereocenters. The van der Waals surface area contributed by atoms with Gasteiger partial charge in [0.2, 0.25) is 0 Å². The van der Waals surface area contributed by atoms with Crippen LogP contribution in [0.2, 0.25) is 0 Å². The van der Waals surface area contributed by atoms with Crippen molar-refractivity contribution in [1.82, 2.24) is 0 Å². The summed E-state index contributed by atoms with van der Waals surface area (Å²) in [5.41, 5.74) is 0.